The Hall–Kier alpha value is -0.830. The smallest absolute Gasteiger partial charge is 0.545 e. The number of benzene rings is 1. The van der Waals surface area contributed by atoms with Crippen LogP contribution in [0.2, 0.25) is 0 Å². The van der Waals surface area contributed by atoms with Gasteiger partial charge in [0.25, 0.3) is 0 Å². The summed E-state index contributed by atoms with van der Waals surface area (Å²) in [4.78, 5) is 10.3. The molecule has 0 radical (unpaired) electrons. The maximum Gasteiger partial charge on any atom is 1.00 e. The molecule has 0 aliphatic heterocycles. The zero-order valence-electron chi connectivity index (χ0n) is 6.21. The number of hydrogen-bond acceptors (Lipinski definition) is 2. The largest absolute Gasteiger partial charge is 1.00 e. The number of carbonyl (C=O) groups is 1. The van der Waals surface area contributed by atoms with Gasteiger partial charge in [-0.2, -0.15) is 0 Å². The quantitative estimate of drug-likeness (QED) is 0.729. The first-order chi connectivity index (χ1) is 5.24. The van der Waals surface area contributed by atoms with Crippen LogP contribution in [0.25, 0.3) is 6.08 Å². The summed E-state index contributed by atoms with van der Waals surface area (Å²) in [5.74, 6) is -1.15. The second-order valence-electron chi connectivity index (χ2n) is 2.11. The normalized spacial score (nSPS) is 8.33. The number of carboxylic acid groups (broad SMARTS) is 1. The molecule has 0 atom stereocenters. The van der Waals surface area contributed by atoms with E-state index in [4.69, 9.17) is 0 Å². The third kappa shape index (κ3) is 2.66. The monoisotopic (exact) mass is 254 g/mol. The fourth-order valence-corrected chi connectivity index (χ4v) is 0.755. The van der Waals surface area contributed by atoms with Gasteiger partial charge in [0.15, 0.2) is 0 Å². The van der Waals surface area contributed by atoms with Gasteiger partial charge in [0, 0.05) is 0 Å². The van der Waals surface area contributed by atoms with Crippen LogP contribution in [-0.2, 0) is 22.4 Å². The van der Waals surface area contributed by atoms with Crippen molar-refractivity contribution >= 4 is 12.0 Å². The van der Waals surface area contributed by atoms with Gasteiger partial charge in [-0.25, -0.2) is 0 Å². The van der Waals surface area contributed by atoms with Gasteiger partial charge in [-0.05, 0) is 11.1 Å². The first kappa shape index (κ1) is 11.2. The van der Waals surface area contributed by atoms with Crippen molar-refractivity contribution in [3.05, 3.63) is 42.0 Å². The van der Waals surface area contributed by atoms with E-state index in [0.29, 0.717) is 0 Å². The number of hydrogen-bond donors (Lipinski definition) is 0. The van der Waals surface area contributed by atoms with E-state index in [1.54, 1.807) is 18.2 Å². The molecule has 0 heterocycles. The molecule has 0 saturated heterocycles. The van der Waals surface area contributed by atoms with Crippen molar-refractivity contribution in [3.8, 4) is 0 Å². The average molecular weight is 255 g/mol. The Morgan fingerprint density at radius 2 is 1.83 bits per heavy atom. The van der Waals surface area contributed by atoms with Crippen molar-refractivity contribution in [3.63, 3.8) is 0 Å². The molecule has 0 spiro atoms. The molecule has 12 heavy (non-hydrogen) atoms. The van der Waals surface area contributed by atoms with Gasteiger partial charge in [-0.3, -0.25) is 0 Å². The van der Waals surface area contributed by atoms with Crippen LogP contribution < -0.4 is 5.11 Å². The van der Waals surface area contributed by atoms with E-state index in [1.165, 1.54) is 12.1 Å². The standard InChI is InChI=1S/C9H8O2.Ag/c1-2-7-3-5-8(6-4-7)9(10)11;/h2-6H,1H2,(H,10,11);/q;+1/p-1. The Bertz CT molecular complexity index is 277. The first-order valence-corrected chi connectivity index (χ1v) is 3.18. The second kappa shape index (κ2) is 4.93. The van der Waals surface area contributed by atoms with Crippen LogP contribution in [0.4, 0.5) is 0 Å². The third-order valence-corrected chi connectivity index (χ3v) is 1.38. The summed E-state index contributed by atoms with van der Waals surface area (Å²) in [7, 11) is 0. The van der Waals surface area contributed by atoms with Crippen LogP contribution in [0.5, 0.6) is 0 Å². The van der Waals surface area contributed by atoms with Gasteiger partial charge in [-0.15, -0.1) is 0 Å². The maximum absolute atomic E-state index is 10.3. The van der Waals surface area contributed by atoms with E-state index in [2.05, 4.69) is 6.58 Å². The van der Waals surface area contributed by atoms with Gasteiger partial charge in [0.1, 0.15) is 0 Å². The Balaban J connectivity index is 0.00000121. The van der Waals surface area contributed by atoms with Crippen molar-refractivity contribution in [2.45, 2.75) is 0 Å². The van der Waals surface area contributed by atoms with Gasteiger partial charge >= 0.3 is 22.4 Å². The fourth-order valence-electron chi connectivity index (χ4n) is 0.755. The molecule has 1 aromatic carbocycles. The van der Waals surface area contributed by atoms with Crippen LogP contribution in [0.3, 0.4) is 0 Å². The summed E-state index contributed by atoms with van der Waals surface area (Å²) in [6.07, 6.45) is 1.65. The predicted octanol–water partition coefficient (Wildman–Crippen LogP) is 0.691. The Morgan fingerprint density at radius 1 is 1.33 bits per heavy atom. The molecule has 2 nitrogen and oxygen atoms in total. The zero-order chi connectivity index (χ0) is 8.27. The Labute approximate surface area is 86.4 Å². The molecule has 0 unspecified atom stereocenters. The summed E-state index contributed by atoms with van der Waals surface area (Å²) < 4.78 is 0. The van der Waals surface area contributed by atoms with Gasteiger partial charge in [0.2, 0.25) is 0 Å². The van der Waals surface area contributed by atoms with E-state index in [1.807, 2.05) is 0 Å². The summed E-state index contributed by atoms with van der Waals surface area (Å²) in [5.41, 5.74) is 1.09. The maximum atomic E-state index is 10.3. The van der Waals surface area contributed by atoms with E-state index in [9.17, 15) is 9.90 Å². The molecule has 1 rings (SSSR count). The molecule has 0 bridgehead atoms. The Kier molecular flexibility index (Phi) is 4.59. The number of carbonyl (C=O) groups excluding carboxylic acids is 1. The number of aromatic carboxylic acids is 1. The van der Waals surface area contributed by atoms with Crippen molar-refractivity contribution in [1.82, 2.24) is 0 Å². The third-order valence-electron chi connectivity index (χ3n) is 1.38. The molecule has 0 amide bonds. The minimum absolute atomic E-state index is 0. The fraction of sp³-hybridized carbons (Fsp3) is 0. The minimum Gasteiger partial charge on any atom is -0.545 e. The first-order valence-electron chi connectivity index (χ1n) is 3.18. The molecule has 1 aromatic rings. The van der Waals surface area contributed by atoms with E-state index < -0.39 is 5.97 Å². The van der Waals surface area contributed by atoms with Crippen LogP contribution >= 0.6 is 0 Å². The van der Waals surface area contributed by atoms with Crippen LogP contribution in [0.1, 0.15) is 15.9 Å². The van der Waals surface area contributed by atoms with Crippen molar-refractivity contribution in [2.75, 3.05) is 0 Å². The molecule has 0 fully saturated rings. The van der Waals surface area contributed by atoms with E-state index >= 15 is 0 Å². The average Bonchev–Trinajstić information content (AvgIpc) is 2.05. The van der Waals surface area contributed by atoms with E-state index in [-0.39, 0.29) is 27.9 Å². The second-order valence-corrected chi connectivity index (χ2v) is 2.11. The zero-order valence-corrected chi connectivity index (χ0v) is 7.69. The summed E-state index contributed by atoms with van der Waals surface area (Å²) in [6, 6.07) is 6.34. The molecule has 3 heteroatoms. The minimum atomic E-state index is -1.15. The molecule has 0 N–H and O–H groups in total. The molecule has 0 saturated carbocycles. The SMILES string of the molecule is C=Cc1ccc(C(=O)[O-])cc1.[Ag+]. The number of rotatable bonds is 2. The topological polar surface area (TPSA) is 40.1 Å². The van der Waals surface area contributed by atoms with Crippen molar-refractivity contribution in [2.24, 2.45) is 0 Å². The van der Waals surface area contributed by atoms with Gasteiger partial charge in [0.05, 0.1) is 5.97 Å². The predicted molar refractivity (Wildman–Crippen MR) is 40.9 cm³/mol. The number of carboxylic acids is 1. The molecule has 0 aromatic heterocycles. The molecular weight excluding hydrogens is 248 g/mol. The molecule has 0 aliphatic rings. The summed E-state index contributed by atoms with van der Waals surface area (Å²) in [5, 5.41) is 10.3. The summed E-state index contributed by atoms with van der Waals surface area (Å²) >= 11 is 0. The van der Waals surface area contributed by atoms with Gasteiger partial charge < -0.3 is 9.90 Å². The molecular formula is C9H7AgO2. The summed E-state index contributed by atoms with van der Waals surface area (Å²) in [6.45, 7) is 3.54. The van der Waals surface area contributed by atoms with Crippen molar-refractivity contribution < 1.29 is 32.3 Å². The van der Waals surface area contributed by atoms with Crippen LogP contribution in [0.15, 0.2) is 30.8 Å². The van der Waals surface area contributed by atoms with Crippen molar-refractivity contribution in [1.29, 1.82) is 0 Å². The van der Waals surface area contributed by atoms with Crippen LogP contribution in [-0.4, -0.2) is 5.97 Å². The Morgan fingerprint density at radius 3 is 2.17 bits per heavy atom. The molecule has 0 aliphatic carbocycles. The van der Waals surface area contributed by atoms with Crippen LogP contribution in [0, 0.1) is 0 Å². The van der Waals surface area contributed by atoms with Gasteiger partial charge in [-0.1, -0.05) is 36.9 Å². The molecule has 66 valence electrons. The van der Waals surface area contributed by atoms with E-state index in [0.717, 1.165) is 5.56 Å².